The summed E-state index contributed by atoms with van der Waals surface area (Å²) in [6.07, 6.45) is 26.7. The molecule has 1 aliphatic carbocycles. The van der Waals surface area contributed by atoms with Gasteiger partial charge in [-0.25, -0.2) is 13.7 Å². The van der Waals surface area contributed by atoms with Crippen molar-refractivity contribution in [3.05, 3.63) is 60.8 Å². The molecule has 22 heteroatoms. The van der Waals surface area contributed by atoms with Gasteiger partial charge in [0.25, 0.3) is 0 Å². The molecular weight excluding hydrogens is 961 g/mol. The molecule has 1 fully saturated rings. The maximum atomic E-state index is 13.1. The summed E-state index contributed by atoms with van der Waals surface area (Å²) in [5.41, 5.74) is 0. The van der Waals surface area contributed by atoms with E-state index in [4.69, 9.17) is 18.5 Å². The van der Waals surface area contributed by atoms with Gasteiger partial charge in [0, 0.05) is 12.8 Å². The van der Waals surface area contributed by atoms with Gasteiger partial charge in [-0.3, -0.25) is 27.7 Å². The average molecular weight is 1050 g/mol. The molecule has 0 amide bonds. The number of hydrogen-bond donors (Lipinski definition) is 8. The molecule has 400 valence electrons. The van der Waals surface area contributed by atoms with Gasteiger partial charge in [-0.05, 0) is 77.0 Å². The molecule has 1 aliphatic rings. The minimum atomic E-state index is -5.61. The Hall–Kier alpha value is -2.15. The Bertz CT molecular complexity index is 1670. The highest BCUT2D eigenvalue weighted by atomic mass is 31.2. The lowest BCUT2D eigenvalue weighted by molar-refractivity contribution is -0.213. The normalized spacial score (nSPS) is 21.8. The van der Waals surface area contributed by atoms with Gasteiger partial charge in [-0.15, -0.1) is 0 Å². The highest BCUT2D eigenvalue weighted by Gasteiger charge is 2.56. The third-order valence-corrected chi connectivity index (χ3v) is 12.8. The first kappa shape index (κ1) is 64.9. The standard InChI is InChI=1S/C47H83O19P3/c1-3-5-7-9-11-13-15-17-19-20-22-24-26-28-30-32-34-36-41(49)63-39(37-61-40(48)35-33-31-29-27-25-23-21-18-16-14-12-10-8-6-4-2)38-62-69(59,60)66-45-42(50)43(51)46(64-67(53,54)55)47(44(45)52)65-68(56,57)58/h11,13,17-19,21-22,24,28,30,39,42-47,50-52H,3-10,12,14-16,20,23,25-27,29,31-38H2,1-2H3,(H,59,60)(H2,53,54,55)(H2,56,57,58)/t39-,42?,43?,44?,45+,46?,47+/m1/s1. The zero-order chi connectivity index (χ0) is 51.4. The van der Waals surface area contributed by atoms with Crippen LogP contribution in [0.15, 0.2) is 60.8 Å². The summed E-state index contributed by atoms with van der Waals surface area (Å²) in [5.74, 6) is -1.38. The van der Waals surface area contributed by atoms with Crippen LogP contribution < -0.4 is 0 Å². The number of phosphoric acid groups is 3. The first-order chi connectivity index (χ1) is 32.8. The second-order valence-electron chi connectivity index (χ2n) is 17.0. The SMILES string of the molecule is CCCCCC=CCC=CCC=CCC=CCCCC(=O)O[C@H](COC(=O)CCCCCCCC=CCCCCCCCC)COP(=O)(O)O[C@H]1C(O)C(O)C(OP(=O)(O)O)[C@@H](OP(=O)(O)O)C1O. The Labute approximate surface area is 409 Å². The second kappa shape index (κ2) is 38.5. The zero-order valence-electron chi connectivity index (χ0n) is 40.6. The Morgan fingerprint density at radius 1 is 0.464 bits per heavy atom. The van der Waals surface area contributed by atoms with E-state index in [2.05, 4.69) is 65.4 Å². The molecule has 0 aromatic heterocycles. The number of carbonyl (C=O) groups is 2. The van der Waals surface area contributed by atoms with Gasteiger partial charge in [-0.2, -0.15) is 0 Å². The Balaban J connectivity index is 2.77. The number of rotatable bonds is 41. The van der Waals surface area contributed by atoms with Crippen molar-refractivity contribution in [3.63, 3.8) is 0 Å². The molecule has 8 N–H and O–H groups in total. The molecule has 19 nitrogen and oxygen atoms in total. The third kappa shape index (κ3) is 34.8. The van der Waals surface area contributed by atoms with Crippen LogP contribution in [0.5, 0.6) is 0 Å². The van der Waals surface area contributed by atoms with Crippen molar-refractivity contribution >= 4 is 35.4 Å². The molecule has 0 radical (unpaired) electrons. The highest BCUT2D eigenvalue weighted by molar-refractivity contribution is 7.47. The summed E-state index contributed by atoms with van der Waals surface area (Å²) in [6, 6.07) is 0. The van der Waals surface area contributed by atoms with E-state index in [1.54, 1.807) is 0 Å². The van der Waals surface area contributed by atoms with Crippen molar-refractivity contribution < 1.29 is 90.6 Å². The minimum absolute atomic E-state index is 0.0563. The number of phosphoric ester groups is 3. The number of unbranched alkanes of at least 4 members (excludes halogenated alkanes) is 15. The third-order valence-electron chi connectivity index (χ3n) is 10.8. The van der Waals surface area contributed by atoms with E-state index in [-0.39, 0.29) is 12.8 Å². The highest BCUT2D eigenvalue weighted by Crippen LogP contribution is 2.51. The molecule has 0 saturated heterocycles. The van der Waals surface area contributed by atoms with Gasteiger partial charge in [0.2, 0.25) is 0 Å². The predicted molar refractivity (Wildman–Crippen MR) is 261 cm³/mol. The lowest BCUT2D eigenvalue weighted by atomic mass is 9.85. The first-order valence-electron chi connectivity index (χ1n) is 24.6. The molecule has 0 bridgehead atoms. The summed E-state index contributed by atoms with van der Waals surface area (Å²) in [4.78, 5) is 73.2. The van der Waals surface area contributed by atoms with E-state index in [0.717, 1.165) is 57.8 Å². The van der Waals surface area contributed by atoms with Crippen molar-refractivity contribution in [2.24, 2.45) is 0 Å². The Morgan fingerprint density at radius 2 is 0.855 bits per heavy atom. The fourth-order valence-corrected chi connectivity index (χ4v) is 9.19. The zero-order valence-corrected chi connectivity index (χ0v) is 43.3. The number of hydrogen-bond acceptors (Lipinski definition) is 14. The molecule has 0 aliphatic heterocycles. The van der Waals surface area contributed by atoms with E-state index in [1.165, 1.54) is 57.8 Å². The van der Waals surface area contributed by atoms with Gasteiger partial charge in [-0.1, -0.05) is 139 Å². The number of carbonyl (C=O) groups excluding carboxylic acids is 2. The maximum absolute atomic E-state index is 13.1. The molecule has 0 heterocycles. The van der Waals surface area contributed by atoms with Crippen molar-refractivity contribution in [1.29, 1.82) is 0 Å². The quantitative estimate of drug-likeness (QED) is 0.0122. The number of allylic oxidation sites excluding steroid dienone is 10. The van der Waals surface area contributed by atoms with Crippen LogP contribution in [-0.4, -0.2) is 108 Å². The number of aliphatic hydroxyl groups is 3. The molecule has 0 spiro atoms. The van der Waals surface area contributed by atoms with Crippen LogP contribution in [0, 0.1) is 0 Å². The lowest BCUT2D eigenvalue weighted by Gasteiger charge is -2.44. The minimum Gasteiger partial charge on any atom is -0.462 e. The van der Waals surface area contributed by atoms with Crippen LogP contribution in [0.4, 0.5) is 0 Å². The van der Waals surface area contributed by atoms with Gasteiger partial charge >= 0.3 is 35.4 Å². The van der Waals surface area contributed by atoms with Crippen LogP contribution in [0.3, 0.4) is 0 Å². The summed E-state index contributed by atoms with van der Waals surface area (Å²) in [6.45, 7) is 2.86. The molecule has 1 saturated carbocycles. The summed E-state index contributed by atoms with van der Waals surface area (Å²) >= 11 is 0. The van der Waals surface area contributed by atoms with Crippen LogP contribution in [0.2, 0.25) is 0 Å². The van der Waals surface area contributed by atoms with Crippen molar-refractivity contribution in [3.8, 4) is 0 Å². The van der Waals surface area contributed by atoms with Crippen LogP contribution in [0.25, 0.3) is 0 Å². The number of ether oxygens (including phenoxy) is 2. The molecule has 5 unspecified atom stereocenters. The Morgan fingerprint density at radius 3 is 1.38 bits per heavy atom. The van der Waals surface area contributed by atoms with Crippen LogP contribution in [0.1, 0.15) is 168 Å². The summed E-state index contributed by atoms with van der Waals surface area (Å²) in [7, 11) is -16.6. The molecule has 1 rings (SSSR count). The van der Waals surface area contributed by atoms with Crippen molar-refractivity contribution in [2.45, 2.75) is 211 Å². The topological polar surface area (TPSA) is 303 Å². The van der Waals surface area contributed by atoms with Gasteiger partial charge in [0.05, 0.1) is 6.61 Å². The summed E-state index contributed by atoms with van der Waals surface area (Å²) in [5, 5.41) is 31.9. The van der Waals surface area contributed by atoms with Crippen molar-refractivity contribution in [1.82, 2.24) is 0 Å². The molecular formula is C47H83O19P3. The fourth-order valence-electron chi connectivity index (χ4n) is 7.10. The Kier molecular flexibility index (Phi) is 36.2. The fraction of sp³-hybridized carbons (Fsp3) is 0.745. The van der Waals surface area contributed by atoms with Crippen LogP contribution in [-0.2, 0) is 50.9 Å². The maximum Gasteiger partial charge on any atom is 0.472 e. The molecule has 0 aromatic carbocycles. The van der Waals surface area contributed by atoms with Gasteiger partial charge < -0.3 is 49.3 Å². The first-order valence-corrected chi connectivity index (χ1v) is 29.1. The molecule has 8 atom stereocenters. The van der Waals surface area contributed by atoms with E-state index in [1.807, 2.05) is 18.2 Å². The predicted octanol–water partition coefficient (Wildman–Crippen LogP) is 9.18. The van der Waals surface area contributed by atoms with E-state index in [9.17, 15) is 63.1 Å². The number of aliphatic hydroxyl groups excluding tert-OH is 3. The average Bonchev–Trinajstić information content (AvgIpc) is 3.28. The van der Waals surface area contributed by atoms with Crippen LogP contribution >= 0.6 is 23.5 Å². The van der Waals surface area contributed by atoms with E-state index < -0.39 is 91.3 Å². The molecule has 69 heavy (non-hydrogen) atoms. The van der Waals surface area contributed by atoms with E-state index >= 15 is 0 Å². The van der Waals surface area contributed by atoms with E-state index in [0.29, 0.717) is 25.7 Å². The second-order valence-corrected chi connectivity index (χ2v) is 20.8. The lowest BCUT2D eigenvalue weighted by Crippen LogP contribution is -2.65. The van der Waals surface area contributed by atoms with Crippen molar-refractivity contribution in [2.75, 3.05) is 13.2 Å². The number of esters is 2. The monoisotopic (exact) mass is 1040 g/mol. The largest absolute Gasteiger partial charge is 0.472 e. The summed E-state index contributed by atoms with van der Waals surface area (Å²) < 4.78 is 65.4. The smallest absolute Gasteiger partial charge is 0.462 e. The van der Waals surface area contributed by atoms with Gasteiger partial charge in [0.15, 0.2) is 6.10 Å². The molecule has 0 aromatic rings. The van der Waals surface area contributed by atoms with Gasteiger partial charge in [0.1, 0.15) is 43.2 Å².